The zero-order chi connectivity index (χ0) is 15.0. The molecule has 0 aliphatic rings. The van der Waals surface area contributed by atoms with Gasteiger partial charge in [0, 0.05) is 18.2 Å². The second kappa shape index (κ2) is 10.0. The standard InChI is InChI=1S/C14H21N3O3.ClH/c1-10(15)6-8-17-13(18)7-9-20-12-4-2-11(3-5-12)14(16)19;/h2-5,10H,6-9,15H2,1H3,(H2,16,19)(H,17,18);1H. The largest absolute Gasteiger partial charge is 0.493 e. The van der Waals surface area contributed by atoms with Crippen molar-refractivity contribution in [2.24, 2.45) is 11.5 Å². The Morgan fingerprint density at radius 3 is 2.43 bits per heavy atom. The lowest BCUT2D eigenvalue weighted by Crippen LogP contribution is -2.29. The molecule has 0 spiro atoms. The molecule has 1 atom stereocenters. The molecule has 6 nitrogen and oxygen atoms in total. The van der Waals surface area contributed by atoms with E-state index in [0.717, 1.165) is 6.42 Å². The first-order valence-electron chi connectivity index (χ1n) is 6.54. The van der Waals surface area contributed by atoms with Gasteiger partial charge in [0.2, 0.25) is 11.8 Å². The third kappa shape index (κ3) is 8.16. The molecular formula is C14H22ClN3O3. The van der Waals surface area contributed by atoms with E-state index in [1.807, 2.05) is 6.92 Å². The van der Waals surface area contributed by atoms with E-state index in [4.69, 9.17) is 16.2 Å². The first-order valence-corrected chi connectivity index (χ1v) is 6.54. The van der Waals surface area contributed by atoms with Crippen molar-refractivity contribution in [2.75, 3.05) is 13.2 Å². The number of carbonyl (C=O) groups excluding carboxylic acids is 2. The Morgan fingerprint density at radius 2 is 1.90 bits per heavy atom. The summed E-state index contributed by atoms with van der Waals surface area (Å²) in [7, 11) is 0. The van der Waals surface area contributed by atoms with Crippen molar-refractivity contribution in [3.05, 3.63) is 29.8 Å². The van der Waals surface area contributed by atoms with Crippen molar-refractivity contribution in [1.82, 2.24) is 5.32 Å². The number of nitrogens with two attached hydrogens (primary N) is 2. The molecule has 0 saturated carbocycles. The van der Waals surface area contributed by atoms with Crippen LogP contribution in [0.5, 0.6) is 5.75 Å². The number of rotatable bonds is 8. The molecular weight excluding hydrogens is 294 g/mol. The fourth-order valence-corrected chi connectivity index (χ4v) is 1.50. The number of hydrogen-bond acceptors (Lipinski definition) is 4. The van der Waals surface area contributed by atoms with Gasteiger partial charge >= 0.3 is 0 Å². The summed E-state index contributed by atoms with van der Waals surface area (Å²) in [5, 5.41) is 2.76. The van der Waals surface area contributed by atoms with Gasteiger partial charge in [0.1, 0.15) is 5.75 Å². The SMILES string of the molecule is CC(N)CCNC(=O)CCOc1ccc(C(N)=O)cc1.Cl. The molecule has 1 aromatic rings. The molecule has 0 radical (unpaired) electrons. The van der Waals surface area contributed by atoms with Crippen molar-refractivity contribution < 1.29 is 14.3 Å². The Kier molecular flexibility index (Phi) is 9.16. The molecule has 1 aromatic carbocycles. The maximum absolute atomic E-state index is 11.5. The molecule has 1 unspecified atom stereocenters. The summed E-state index contributed by atoms with van der Waals surface area (Å²) in [5.41, 5.74) is 11.1. The van der Waals surface area contributed by atoms with Gasteiger partial charge in [-0.3, -0.25) is 9.59 Å². The number of hydrogen-bond donors (Lipinski definition) is 3. The monoisotopic (exact) mass is 315 g/mol. The minimum atomic E-state index is -0.481. The fourth-order valence-electron chi connectivity index (χ4n) is 1.50. The highest BCUT2D eigenvalue weighted by Gasteiger charge is 2.03. The first kappa shape index (κ1) is 19.2. The van der Waals surface area contributed by atoms with Gasteiger partial charge in [-0.1, -0.05) is 0 Å². The van der Waals surface area contributed by atoms with Crippen LogP contribution in [0.15, 0.2) is 24.3 Å². The molecule has 118 valence electrons. The summed E-state index contributed by atoms with van der Waals surface area (Å²) in [6, 6.07) is 6.54. The average molecular weight is 316 g/mol. The van der Waals surface area contributed by atoms with Crippen molar-refractivity contribution in [2.45, 2.75) is 25.8 Å². The Morgan fingerprint density at radius 1 is 1.29 bits per heavy atom. The highest BCUT2D eigenvalue weighted by molar-refractivity contribution is 5.92. The van der Waals surface area contributed by atoms with Crippen LogP contribution in [0.4, 0.5) is 0 Å². The number of ether oxygens (including phenoxy) is 1. The van der Waals surface area contributed by atoms with Gasteiger partial charge < -0.3 is 21.5 Å². The van der Waals surface area contributed by atoms with Gasteiger partial charge in [-0.25, -0.2) is 0 Å². The highest BCUT2D eigenvalue weighted by Crippen LogP contribution is 2.11. The summed E-state index contributed by atoms with van der Waals surface area (Å²) in [5.74, 6) is 0.0443. The number of amides is 2. The third-order valence-electron chi connectivity index (χ3n) is 2.66. The molecule has 0 aliphatic carbocycles. The molecule has 0 fully saturated rings. The van der Waals surface area contributed by atoms with Gasteiger partial charge in [-0.05, 0) is 37.6 Å². The highest BCUT2D eigenvalue weighted by atomic mass is 35.5. The van der Waals surface area contributed by atoms with Gasteiger partial charge in [-0.15, -0.1) is 12.4 Å². The summed E-state index contributed by atoms with van der Waals surface area (Å²) in [6.07, 6.45) is 1.03. The van der Waals surface area contributed by atoms with Crippen LogP contribution in [0.25, 0.3) is 0 Å². The van der Waals surface area contributed by atoms with Crippen LogP contribution >= 0.6 is 12.4 Å². The maximum atomic E-state index is 11.5. The minimum Gasteiger partial charge on any atom is -0.493 e. The fraction of sp³-hybridized carbons (Fsp3) is 0.429. The molecule has 5 N–H and O–H groups in total. The van der Waals surface area contributed by atoms with E-state index in [1.165, 1.54) is 0 Å². The zero-order valence-electron chi connectivity index (χ0n) is 12.0. The van der Waals surface area contributed by atoms with E-state index >= 15 is 0 Å². The Hall–Kier alpha value is -1.79. The summed E-state index contributed by atoms with van der Waals surface area (Å²) < 4.78 is 5.40. The number of nitrogens with one attached hydrogen (secondary N) is 1. The number of primary amides is 1. The molecule has 0 aliphatic heterocycles. The topological polar surface area (TPSA) is 107 Å². The number of benzene rings is 1. The second-order valence-electron chi connectivity index (χ2n) is 4.60. The van der Waals surface area contributed by atoms with Crippen molar-refractivity contribution >= 4 is 24.2 Å². The van der Waals surface area contributed by atoms with E-state index in [0.29, 0.717) is 17.9 Å². The van der Waals surface area contributed by atoms with Crippen molar-refractivity contribution in [3.8, 4) is 5.75 Å². The van der Waals surface area contributed by atoms with Crippen LogP contribution in [-0.4, -0.2) is 31.0 Å². The van der Waals surface area contributed by atoms with Gasteiger partial charge in [0.25, 0.3) is 0 Å². The molecule has 2 amide bonds. The molecule has 0 aromatic heterocycles. The lowest BCUT2D eigenvalue weighted by atomic mass is 10.2. The normalized spacial score (nSPS) is 11.1. The molecule has 0 bridgehead atoms. The van der Waals surface area contributed by atoms with Crippen LogP contribution in [0, 0.1) is 0 Å². The van der Waals surface area contributed by atoms with E-state index in [9.17, 15) is 9.59 Å². The predicted molar refractivity (Wildman–Crippen MR) is 83.6 cm³/mol. The van der Waals surface area contributed by atoms with E-state index in [-0.39, 0.29) is 37.4 Å². The Labute approximate surface area is 130 Å². The van der Waals surface area contributed by atoms with Crippen LogP contribution in [-0.2, 0) is 4.79 Å². The minimum absolute atomic E-state index is 0. The van der Waals surface area contributed by atoms with Crippen LogP contribution in [0.2, 0.25) is 0 Å². The van der Waals surface area contributed by atoms with Gasteiger partial charge in [0.15, 0.2) is 0 Å². The van der Waals surface area contributed by atoms with Crippen LogP contribution in [0.3, 0.4) is 0 Å². The average Bonchev–Trinajstić information content (AvgIpc) is 2.39. The first-order chi connectivity index (χ1) is 9.49. The van der Waals surface area contributed by atoms with Crippen molar-refractivity contribution in [1.29, 1.82) is 0 Å². The summed E-state index contributed by atoms with van der Waals surface area (Å²) in [4.78, 5) is 22.3. The quantitative estimate of drug-likeness (QED) is 0.660. The van der Waals surface area contributed by atoms with Gasteiger partial charge in [-0.2, -0.15) is 0 Å². The lowest BCUT2D eigenvalue weighted by Gasteiger charge is -2.08. The summed E-state index contributed by atoms with van der Waals surface area (Å²) >= 11 is 0. The van der Waals surface area contributed by atoms with Crippen LogP contribution < -0.4 is 21.5 Å². The third-order valence-corrected chi connectivity index (χ3v) is 2.66. The van der Waals surface area contributed by atoms with Crippen LogP contribution in [0.1, 0.15) is 30.1 Å². The lowest BCUT2D eigenvalue weighted by molar-refractivity contribution is -0.121. The molecule has 0 saturated heterocycles. The Bertz CT molecular complexity index is 449. The van der Waals surface area contributed by atoms with E-state index < -0.39 is 5.91 Å². The Balaban J connectivity index is 0.00000400. The van der Waals surface area contributed by atoms with Gasteiger partial charge in [0.05, 0.1) is 13.0 Å². The van der Waals surface area contributed by atoms with Crippen molar-refractivity contribution in [3.63, 3.8) is 0 Å². The maximum Gasteiger partial charge on any atom is 0.248 e. The number of halogens is 1. The predicted octanol–water partition coefficient (Wildman–Crippen LogP) is 0.830. The van der Waals surface area contributed by atoms with E-state index in [1.54, 1.807) is 24.3 Å². The molecule has 7 heteroatoms. The second-order valence-corrected chi connectivity index (χ2v) is 4.60. The zero-order valence-corrected chi connectivity index (χ0v) is 12.8. The summed E-state index contributed by atoms with van der Waals surface area (Å²) in [6.45, 7) is 2.74. The molecule has 1 rings (SSSR count). The number of carbonyl (C=O) groups is 2. The molecule has 0 heterocycles. The molecule has 21 heavy (non-hydrogen) atoms. The van der Waals surface area contributed by atoms with E-state index in [2.05, 4.69) is 5.32 Å². The smallest absolute Gasteiger partial charge is 0.248 e.